The molecule has 1 saturated carbocycles. The molecular formula is C24H29NO4. The Bertz CT molecular complexity index is 855. The smallest absolute Gasteiger partial charge is 0.335 e. The lowest BCUT2D eigenvalue weighted by atomic mass is 10.0. The van der Waals surface area contributed by atoms with Gasteiger partial charge in [0.1, 0.15) is 6.10 Å². The third-order valence-corrected chi connectivity index (χ3v) is 5.31. The highest BCUT2D eigenvalue weighted by Gasteiger charge is 2.26. The van der Waals surface area contributed by atoms with E-state index in [1.165, 1.54) is 18.4 Å². The molecule has 0 heterocycles. The van der Waals surface area contributed by atoms with Crippen molar-refractivity contribution in [3.8, 4) is 0 Å². The zero-order valence-electron chi connectivity index (χ0n) is 17.2. The van der Waals surface area contributed by atoms with Gasteiger partial charge in [0.2, 0.25) is 5.91 Å². The molecule has 2 aromatic carbocycles. The number of carboxylic acid groups (broad SMARTS) is 1. The molecule has 0 saturated heterocycles. The third-order valence-electron chi connectivity index (χ3n) is 5.31. The van der Waals surface area contributed by atoms with Crippen LogP contribution in [-0.4, -0.2) is 23.1 Å². The van der Waals surface area contributed by atoms with E-state index in [-0.39, 0.29) is 23.4 Å². The first-order valence-corrected chi connectivity index (χ1v) is 10.2. The Morgan fingerprint density at radius 2 is 1.79 bits per heavy atom. The molecule has 2 aromatic rings. The molecule has 1 aliphatic rings. The first-order valence-electron chi connectivity index (χ1n) is 10.2. The summed E-state index contributed by atoms with van der Waals surface area (Å²) in [5.74, 6) is -0.406. The van der Waals surface area contributed by atoms with Crippen LogP contribution in [0.2, 0.25) is 0 Å². The van der Waals surface area contributed by atoms with E-state index in [9.17, 15) is 9.59 Å². The third kappa shape index (κ3) is 5.67. The Kier molecular flexibility index (Phi) is 6.70. The highest BCUT2D eigenvalue weighted by atomic mass is 16.5. The van der Waals surface area contributed by atoms with E-state index in [1.54, 1.807) is 24.3 Å². The number of hydrogen-bond acceptors (Lipinski definition) is 3. The van der Waals surface area contributed by atoms with Gasteiger partial charge in [0, 0.05) is 0 Å². The standard InChI is InChI=1S/C24H29NO4/c1-15(2)22(29-14-17-5-4-6-21(13-17)19-9-10-19)23(26)25-16(3)18-7-11-20(12-8-18)24(27)28/h4-8,11-13,15-16,19,22H,9-10,14H2,1-3H3,(H,25,26)(H,27,28). The number of carbonyl (C=O) groups excluding carboxylic acids is 1. The van der Waals surface area contributed by atoms with E-state index in [2.05, 4.69) is 23.5 Å². The SMILES string of the molecule is CC(NC(=O)C(OCc1cccc(C2CC2)c1)C(C)C)c1ccc(C(=O)O)cc1. The second-order valence-electron chi connectivity index (χ2n) is 8.15. The van der Waals surface area contributed by atoms with E-state index < -0.39 is 12.1 Å². The maximum atomic E-state index is 12.8. The van der Waals surface area contributed by atoms with Crippen molar-refractivity contribution in [1.29, 1.82) is 0 Å². The molecule has 29 heavy (non-hydrogen) atoms. The number of carboxylic acids is 1. The topological polar surface area (TPSA) is 75.6 Å². The van der Waals surface area contributed by atoms with Gasteiger partial charge in [0.15, 0.2) is 0 Å². The van der Waals surface area contributed by atoms with Crippen LogP contribution in [0, 0.1) is 5.92 Å². The average Bonchev–Trinajstić information content (AvgIpc) is 3.53. The summed E-state index contributed by atoms with van der Waals surface area (Å²) >= 11 is 0. The molecule has 0 radical (unpaired) electrons. The van der Waals surface area contributed by atoms with Crippen LogP contribution in [0.15, 0.2) is 48.5 Å². The number of ether oxygens (including phenoxy) is 1. The number of amides is 1. The molecule has 154 valence electrons. The Balaban J connectivity index is 1.59. The van der Waals surface area contributed by atoms with E-state index in [0.717, 1.165) is 11.1 Å². The molecule has 2 N–H and O–H groups in total. The highest BCUT2D eigenvalue weighted by molar-refractivity contribution is 5.87. The predicted octanol–water partition coefficient (Wildman–Crippen LogP) is 4.68. The van der Waals surface area contributed by atoms with Crippen molar-refractivity contribution in [2.75, 3.05) is 0 Å². The van der Waals surface area contributed by atoms with Crippen LogP contribution >= 0.6 is 0 Å². The molecule has 1 aliphatic carbocycles. The van der Waals surface area contributed by atoms with Crippen molar-refractivity contribution in [2.24, 2.45) is 5.92 Å². The zero-order chi connectivity index (χ0) is 21.0. The molecule has 0 aromatic heterocycles. The van der Waals surface area contributed by atoms with Crippen LogP contribution in [0.4, 0.5) is 0 Å². The van der Waals surface area contributed by atoms with E-state index in [0.29, 0.717) is 12.5 Å². The summed E-state index contributed by atoms with van der Waals surface area (Å²) in [4.78, 5) is 23.8. The van der Waals surface area contributed by atoms with Crippen LogP contribution in [0.5, 0.6) is 0 Å². The second-order valence-corrected chi connectivity index (χ2v) is 8.15. The Morgan fingerprint density at radius 1 is 1.10 bits per heavy atom. The van der Waals surface area contributed by atoms with Gasteiger partial charge in [0.25, 0.3) is 0 Å². The minimum absolute atomic E-state index is 0.0307. The van der Waals surface area contributed by atoms with Gasteiger partial charge in [-0.2, -0.15) is 0 Å². The van der Waals surface area contributed by atoms with E-state index >= 15 is 0 Å². The van der Waals surface area contributed by atoms with Crippen LogP contribution in [0.3, 0.4) is 0 Å². The van der Waals surface area contributed by atoms with Gasteiger partial charge in [-0.3, -0.25) is 4.79 Å². The lowest BCUT2D eigenvalue weighted by molar-refractivity contribution is -0.137. The normalized spacial score (nSPS) is 15.7. The largest absolute Gasteiger partial charge is 0.478 e. The first kappa shape index (κ1) is 21.1. The summed E-state index contributed by atoms with van der Waals surface area (Å²) < 4.78 is 6.00. The summed E-state index contributed by atoms with van der Waals surface area (Å²) in [7, 11) is 0. The van der Waals surface area contributed by atoms with Crippen molar-refractivity contribution in [1.82, 2.24) is 5.32 Å². The Labute approximate surface area is 172 Å². The number of benzene rings is 2. The van der Waals surface area contributed by atoms with E-state index in [1.807, 2.05) is 26.8 Å². The molecule has 0 spiro atoms. The molecule has 2 atom stereocenters. The van der Waals surface area contributed by atoms with Crippen molar-refractivity contribution < 1.29 is 19.4 Å². The molecule has 3 rings (SSSR count). The first-order chi connectivity index (χ1) is 13.8. The van der Waals surface area contributed by atoms with Gasteiger partial charge in [-0.25, -0.2) is 4.79 Å². The van der Waals surface area contributed by atoms with Crippen molar-refractivity contribution in [3.63, 3.8) is 0 Å². The number of nitrogens with one attached hydrogen (secondary N) is 1. The van der Waals surface area contributed by atoms with Crippen LogP contribution in [-0.2, 0) is 16.1 Å². The minimum Gasteiger partial charge on any atom is -0.478 e. The molecule has 1 amide bonds. The molecule has 0 aliphatic heterocycles. The molecular weight excluding hydrogens is 366 g/mol. The predicted molar refractivity (Wildman–Crippen MR) is 112 cm³/mol. The summed E-state index contributed by atoms with van der Waals surface area (Å²) in [6, 6.07) is 14.7. The average molecular weight is 395 g/mol. The van der Waals surface area contributed by atoms with Gasteiger partial charge in [0.05, 0.1) is 18.2 Å². The lowest BCUT2D eigenvalue weighted by Crippen LogP contribution is -2.40. The fraction of sp³-hybridized carbons (Fsp3) is 0.417. The number of carbonyl (C=O) groups is 2. The zero-order valence-corrected chi connectivity index (χ0v) is 17.2. The minimum atomic E-state index is -0.965. The van der Waals surface area contributed by atoms with Crippen LogP contribution in [0.1, 0.15) is 72.6 Å². The highest BCUT2D eigenvalue weighted by Crippen LogP contribution is 2.40. The monoisotopic (exact) mass is 395 g/mol. The molecule has 1 fully saturated rings. The Morgan fingerprint density at radius 3 is 2.38 bits per heavy atom. The van der Waals surface area contributed by atoms with Gasteiger partial charge in [-0.15, -0.1) is 0 Å². The van der Waals surface area contributed by atoms with Gasteiger partial charge in [-0.1, -0.05) is 50.2 Å². The number of aromatic carboxylic acids is 1. The van der Waals surface area contributed by atoms with Crippen LogP contribution < -0.4 is 5.32 Å². The van der Waals surface area contributed by atoms with Gasteiger partial charge < -0.3 is 15.2 Å². The van der Waals surface area contributed by atoms with Gasteiger partial charge >= 0.3 is 5.97 Å². The van der Waals surface area contributed by atoms with Crippen molar-refractivity contribution >= 4 is 11.9 Å². The lowest BCUT2D eigenvalue weighted by Gasteiger charge is -2.24. The van der Waals surface area contributed by atoms with Crippen LogP contribution in [0.25, 0.3) is 0 Å². The fourth-order valence-electron chi connectivity index (χ4n) is 3.40. The van der Waals surface area contributed by atoms with Crippen molar-refractivity contribution in [2.45, 2.75) is 58.3 Å². The second kappa shape index (κ2) is 9.23. The molecule has 5 heteroatoms. The number of rotatable bonds is 9. The van der Waals surface area contributed by atoms with Crippen molar-refractivity contribution in [3.05, 3.63) is 70.8 Å². The quantitative estimate of drug-likeness (QED) is 0.646. The molecule has 5 nitrogen and oxygen atoms in total. The maximum absolute atomic E-state index is 12.8. The van der Waals surface area contributed by atoms with E-state index in [4.69, 9.17) is 9.84 Å². The summed E-state index contributed by atoms with van der Waals surface area (Å²) in [5, 5.41) is 12.0. The molecule has 2 unspecified atom stereocenters. The molecule has 0 bridgehead atoms. The summed E-state index contributed by atoms with van der Waals surface area (Å²) in [6.07, 6.45) is 1.96. The van der Waals surface area contributed by atoms with Gasteiger partial charge in [-0.05, 0) is 60.4 Å². The fourth-order valence-corrected chi connectivity index (χ4v) is 3.40. The maximum Gasteiger partial charge on any atom is 0.335 e. The summed E-state index contributed by atoms with van der Waals surface area (Å²) in [5.41, 5.74) is 3.52. The number of hydrogen-bond donors (Lipinski definition) is 2. The summed E-state index contributed by atoms with van der Waals surface area (Å²) in [6.45, 7) is 6.22. The Hall–Kier alpha value is -2.66.